The second kappa shape index (κ2) is 11.7. The lowest BCUT2D eigenvalue weighted by atomic mass is 10.0. The Morgan fingerprint density at radius 3 is 2.40 bits per heavy atom. The lowest BCUT2D eigenvalue weighted by molar-refractivity contribution is -0.128. The molecule has 3 heterocycles. The first-order valence-electron chi connectivity index (χ1n) is 12.9. The fourth-order valence-electron chi connectivity index (χ4n) is 4.70. The van der Waals surface area contributed by atoms with Crippen LogP contribution in [0.1, 0.15) is 12.8 Å². The van der Waals surface area contributed by atoms with Crippen molar-refractivity contribution in [2.75, 3.05) is 38.5 Å². The predicted molar refractivity (Wildman–Crippen MR) is 144 cm³/mol. The Balaban J connectivity index is 1.20. The average molecular weight is 547 g/mol. The Morgan fingerprint density at radius 2 is 1.75 bits per heavy atom. The number of carbonyl (C=O) groups is 1. The van der Waals surface area contributed by atoms with Crippen LogP contribution in [0.3, 0.4) is 0 Å². The number of nitrogens with zero attached hydrogens (tertiary/aromatic N) is 5. The molecule has 206 valence electrons. The number of rotatable bonds is 8. The van der Waals surface area contributed by atoms with Gasteiger partial charge >= 0.3 is 0 Å². The first-order valence-corrected chi connectivity index (χ1v) is 12.9. The molecule has 0 radical (unpaired) electrons. The summed E-state index contributed by atoms with van der Waals surface area (Å²) < 4.78 is 38.2. The zero-order chi connectivity index (χ0) is 28.1. The maximum Gasteiger partial charge on any atom is 0.272 e. The van der Waals surface area contributed by atoms with Gasteiger partial charge < -0.3 is 20.1 Å². The van der Waals surface area contributed by atoms with Crippen molar-refractivity contribution in [2.45, 2.75) is 24.9 Å². The highest BCUT2D eigenvalue weighted by atomic mass is 19.3. The number of aromatic nitrogens is 2. The number of nitrogens with two attached hydrogens (primary N) is 1. The largest absolute Gasteiger partial charge is 0.474 e. The first-order chi connectivity index (χ1) is 19.3. The number of alkyl halides is 2. The van der Waals surface area contributed by atoms with E-state index < -0.39 is 11.8 Å². The number of hydrogen-bond acceptors (Lipinski definition) is 8. The molecule has 0 unspecified atom stereocenters. The van der Waals surface area contributed by atoms with Gasteiger partial charge in [-0.1, -0.05) is 30.3 Å². The normalized spacial score (nSPS) is 17.5. The van der Waals surface area contributed by atoms with Crippen LogP contribution in [0.25, 0.3) is 11.1 Å². The topological polar surface area (TPSA) is 118 Å². The first kappa shape index (κ1) is 27.0. The van der Waals surface area contributed by atoms with Crippen LogP contribution in [0.2, 0.25) is 0 Å². The zero-order valence-electron chi connectivity index (χ0n) is 21.7. The Morgan fingerprint density at radius 1 is 1.07 bits per heavy atom. The number of anilines is 1. The number of benzene rings is 2. The molecule has 0 aliphatic carbocycles. The van der Waals surface area contributed by atoms with E-state index >= 15 is 0 Å². The molecule has 2 fully saturated rings. The number of piperidine rings is 1. The highest BCUT2D eigenvalue weighted by Gasteiger charge is 2.43. The van der Waals surface area contributed by atoms with E-state index in [0.29, 0.717) is 43.1 Å². The molecule has 11 heteroatoms. The van der Waals surface area contributed by atoms with Gasteiger partial charge in [-0.25, -0.2) is 18.7 Å². The molecule has 5 rings (SSSR count). The molecule has 2 aliphatic heterocycles. The molecule has 0 saturated carbocycles. The van der Waals surface area contributed by atoms with Gasteiger partial charge in [0.2, 0.25) is 5.88 Å². The van der Waals surface area contributed by atoms with Crippen molar-refractivity contribution < 1.29 is 23.0 Å². The van der Waals surface area contributed by atoms with Crippen LogP contribution in [-0.4, -0.2) is 70.4 Å². The highest BCUT2D eigenvalue weighted by molar-refractivity contribution is 5.97. The van der Waals surface area contributed by atoms with Gasteiger partial charge in [0.15, 0.2) is 0 Å². The smallest absolute Gasteiger partial charge is 0.272 e. The fraction of sp³-hybridized carbons (Fsp3) is 0.310. The van der Waals surface area contributed by atoms with E-state index in [1.807, 2.05) is 60.7 Å². The molecule has 9 nitrogen and oxygen atoms in total. The van der Waals surface area contributed by atoms with Gasteiger partial charge in [0.1, 0.15) is 41.4 Å². The predicted octanol–water partition coefficient (Wildman–Crippen LogP) is 4.29. The molecule has 2 saturated heterocycles. The van der Waals surface area contributed by atoms with Crippen LogP contribution in [0.5, 0.6) is 17.4 Å². The van der Waals surface area contributed by atoms with Crippen molar-refractivity contribution in [3.05, 3.63) is 72.6 Å². The molecule has 3 aromatic rings. The van der Waals surface area contributed by atoms with Crippen molar-refractivity contribution in [2.24, 2.45) is 0 Å². The fourth-order valence-corrected chi connectivity index (χ4v) is 4.70. The van der Waals surface area contributed by atoms with Crippen LogP contribution in [0.4, 0.5) is 14.6 Å². The van der Waals surface area contributed by atoms with Gasteiger partial charge in [-0.2, -0.15) is 5.26 Å². The van der Waals surface area contributed by atoms with Crippen molar-refractivity contribution in [1.82, 2.24) is 19.8 Å². The molecule has 0 atom stereocenters. The third kappa shape index (κ3) is 6.35. The lowest BCUT2D eigenvalue weighted by Gasteiger charge is -2.38. The van der Waals surface area contributed by atoms with E-state index in [1.54, 1.807) is 4.90 Å². The van der Waals surface area contributed by atoms with Gasteiger partial charge in [-0.3, -0.25) is 9.69 Å². The summed E-state index contributed by atoms with van der Waals surface area (Å²) in [7, 11) is 0. The average Bonchev–Trinajstić information content (AvgIpc) is 2.94. The van der Waals surface area contributed by atoms with E-state index in [-0.39, 0.29) is 37.1 Å². The van der Waals surface area contributed by atoms with Crippen LogP contribution >= 0.6 is 0 Å². The van der Waals surface area contributed by atoms with Crippen LogP contribution in [0.15, 0.2) is 72.6 Å². The minimum Gasteiger partial charge on any atom is -0.474 e. The van der Waals surface area contributed by atoms with Crippen molar-refractivity contribution >= 4 is 11.7 Å². The number of hydrogen-bond donors (Lipinski definition) is 1. The van der Waals surface area contributed by atoms with E-state index in [9.17, 15) is 18.8 Å². The van der Waals surface area contributed by atoms with E-state index in [0.717, 1.165) is 11.3 Å². The monoisotopic (exact) mass is 546 g/mol. The third-order valence-electron chi connectivity index (χ3n) is 6.79. The second-order valence-corrected chi connectivity index (χ2v) is 9.74. The van der Waals surface area contributed by atoms with Crippen molar-refractivity contribution in [3.8, 4) is 34.6 Å². The second-order valence-electron chi connectivity index (χ2n) is 9.74. The van der Waals surface area contributed by atoms with Crippen LogP contribution < -0.4 is 15.2 Å². The van der Waals surface area contributed by atoms with Gasteiger partial charge in [0, 0.05) is 32.5 Å². The summed E-state index contributed by atoms with van der Waals surface area (Å²) in [6.07, 6.45) is 3.59. The third-order valence-corrected chi connectivity index (χ3v) is 6.79. The molecule has 1 aromatic heterocycles. The number of para-hydroxylation sites is 1. The molecular weight excluding hydrogens is 518 g/mol. The molecule has 0 bridgehead atoms. The van der Waals surface area contributed by atoms with E-state index in [4.69, 9.17) is 15.2 Å². The summed E-state index contributed by atoms with van der Waals surface area (Å²) in [4.78, 5) is 24.4. The number of ether oxygens (including phenoxy) is 2. The van der Waals surface area contributed by atoms with Gasteiger partial charge in [-0.05, 0) is 35.9 Å². The SMILES string of the molecule is N#C/C(=C\CN1CC(F)(F)C1)C(=O)N1CCC(Oc2ncnc(N)c2-c2ccc(Oc3ccccc3)cc2)CC1. The summed E-state index contributed by atoms with van der Waals surface area (Å²) in [6, 6.07) is 18.7. The molecular formula is C29H28F2N6O3. The molecule has 1 amide bonds. The Hall–Kier alpha value is -4.56. The van der Waals surface area contributed by atoms with Gasteiger partial charge in [-0.15, -0.1) is 0 Å². The standard InChI is InChI=1S/C29H28F2N6O3/c30-29(31)17-36(18-29)13-10-21(16-32)28(38)37-14-11-24(12-15-37)40-27-25(26(33)34-19-35-27)20-6-8-23(9-7-20)39-22-4-2-1-3-5-22/h1-10,19,24H,11-15,17-18H2,(H2,33,34,35)/b21-10+. The molecule has 2 aromatic carbocycles. The Kier molecular flexibility index (Phi) is 7.89. The Bertz CT molecular complexity index is 1410. The van der Waals surface area contributed by atoms with Crippen molar-refractivity contribution in [3.63, 3.8) is 0 Å². The molecule has 40 heavy (non-hydrogen) atoms. The maximum absolute atomic E-state index is 13.0. The number of carbonyl (C=O) groups excluding carboxylic acids is 1. The number of halogens is 2. The lowest BCUT2D eigenvalue weighted by Crippen LogP contribution is -2.56. The van der Waals surface area contributed by atoms with Crippen LogP contribution in [-0.2, 0) is 4.79 Å². The molecule has 0 spiro atoms. The van der Waals surface area contributed by atoms with Gasteiger partial charge in [0.25, 0.3) is 11.8 Å². The number of nitriles is 1. The minimum atomic E-state index is -2.69. The quantitative estimate of drug-likeness (QED) is 0.329. The Labute approximate surface area is 230 Å². The summed E-state index contributed by atoms with van der Waals surface area (Å²) in [6.45, 7) is 0.180. The number of nitrogen functional groups attached to an aromatic ring is 1. The van der Waals surface area contributed by atoms with Crippen molar-refractivity contribution in [1.29, 1.82) is 5.26 Å². The minimum absolute atomic E-state index is 0.0415. The summed E-state index contributed by atoms with van der Waals surface area (Å²) in [5.74, 6) is -1.08. The molecule has 2 N–H and O–H groups in total. The number of likely N-dealkylation sites (tertiary alicyclic amines) is 2. The highest BCUT2D eigenvalue weighted by Crippen LogP contribution is 2.35. The van der Waals surface area contributed by atoms with Crippen LogP contribution in [0, 0.1) is 11.3 Å². The molecule has 2 aliphatic rings. The zero-order valence-corrected chi connectivity index (χ0v) is 21.7. The van der Waals surface area contributed by atoms with E-state index in [1.165, 1.54) is 17.3 Å². The summed E-state index contributed by atoms with van der Waals surface area (Å²) >= 11 is 0. The summed E-state index contributed by atoms with van der Waals surface area (Å²) in [5, 5.41) is 9.44. The summed E-state index contributed by atoms with van der Waals surface area (Å²) in [5.41, 5.74) is 7.51. The maximum atomic E-state index is 13.0. The van der Waals surface area contributed by atoms with E-state index in [2.05, 4.69) is 9.97 Å². The number of amides is 1. The van der Waals surface area contributed by atoms with Gasteiger partial charge in [0.05, 0.1) is 18.7 Å².